The standard InChI is InChI=1S/C13H25N3O/c1-11(9-14)8-13(17)16-7-6-15-5-3-2-4-12(15)10-16/h11-12H,2-10,14H2,1H3. The number of nitrogens with zero attached hydrogens (tertiary/aromatic N) is 2. The zero-order valence-electron chi connectivity index (χ0n) is 10.9. The van der Waals surface area contributed by atoms with Gasteiger partial charge in [0.05, 0.1) is 0 Å². The van der Waals surface area contributed by atoms with Crippen LogP contribution in [0.15, 0.2) is 0 Å². The van der Waals surface area contributed by atoms with Crippen LogP contribution in [-0.2, 0) is 4.79 Å². The molecule has 0 bridgehead atoms. The minimum Gasteiger partial charge on any atom is -0.340 e. The molecule has 2 rings (SSSR count). The van der Waals surface area contributed by atoms with Crippen molar-refractivity contribution in [1.29, 1.82) is 0 Å². The summed E-state index contributed by atoms with van der Waals surface area (Å²) < 4.78 is 0. The molecule has 0 spiro atoms. The summed E-state index contributed by atoms with van der Waals surface area (Å²) in [7, 11) is 0. The largest absolute Gasteiger partial charge is 0.340 e. The van der Waals surface area contributed by atoms with Crippen molar-refractivity contribution >= 4 is 5.91 Å². The van der Waals surface area contributed by atoms with Gasteiger partial charge in [0.25, 0.3) is 0 Å². The maximum absolute atomic E-state index is 12.1. The van der Waals surface area contributed by atoms with E-state index >= 15 is 0 Å². The van der Waals surface area contributed by atoms with Crippen LogP contribution in [0.5, 0.6) is 0 Å². The van der Waals surface area contributed by atoms with E-state index in [0.717, 1.165) is 19.6 Å². The number of piperazine rings is 1. The van der Waals surface area contributed by atoms with Gasteiger partial charge in [-0.1, -0.05) is 13.3 Å². The number of piperidine rings is 1. The Morgan fingerprint density at radius 3 is 2.94 bits per heavy atom. The van der Waals surface area contributed by atoms with E-state index in [9.17, 15) is 4.79 Å². The highest BCUT2D eigenvalue weighted by atomic mass is 16.2. The highest BCUT2D eigenvalue weighted by Gasteiger charge is 2.30. The van der Waals surface area contributed by atoms with E-state index in [2.05, 4.69) is 16.7 Å². The molecule has 2 atom stereocenters. The van der Waals surface area contributed by atoms with Gasteiger partial charge in [0, 0.05) is 32.1 Å². The Hall–Kier alpha value is -0.610. The predicted molar refractivity (Wildman–Crippen MR) is 68.6 cm³/mol. The smallest absolute Gasteiger partial charge is 0.222 e. The maximum Gasteiger partial charge on any atom is 0.222 e. The van der Waals surface area contributed by atoms with E-state index in [1.165, 1.54) is 25.8 Å². The topological polar surface area (TPSA) is 49.6 Å². The Kier molecular flexibility index (Phi) is 4.40. The fourth-order valence-electron chi connectivity index (χ4n) is 2.89. The molecule has 17 heavy (non-hydrogen) atoms. The minimum absolute atomic E-state index is 0.299. The lowest BCUT2D eigenvalue weighted by Gasteiger charge is -2.44. The summed E-state index contributed by atoms with van der Waals surface area (Å²) in [5, 5.41) is 0. The van der Waals surface area contributed by atoms with Crippen LogP contribution in [0.2, 0.25) is 0 Å². The highest BCUT2D eigenvalue weighted by Crippen LogP contribution is 2.21. The highest BCUT2D eigenvalue weighted by molar-refractivity contribution is 5.76. The van der Waals surface area contributed by atoms with E-state index in [0.29, 0.717) is 30.8 Å². The number of fused-ring (bicyclic) bond motifs is 1. The number of rotatable bonds is 3. The summed E-state index contributed by atoms with van der Waals surface area (Å²) in [6.45, 7) is 6.80. The summed E-state index contributed by atoms with van der Waals surface area (Å²) in [5.74, 6) is 0.611. The molecular formula is C13H25N3O. The average molecular weight is 239 g/mol. The first-order chi connectivity index (χ1) is 8.20. The zero-order chi connectivity index (χ0) is 12.3. The van der Waals surface area contributed by atoms with Crippen molar-refractivity contribution in [3.8, 4) is 0 Å². The van der Waals surface area contributed by atoms with Crippen molar-refractivity contribution < 1.29 is 4.79 Å². The van der Waals surface area contributed by atoms with Crippen LogP contribution in [0, 0.1) is 5.92 Å². The number of hydrogen-bond donors (Lipinski definition) is 1. The molecule has 2 aliphatic rings. The molecule has 2 aliphatic heterocycles. The van der Waals surface area contributed by atoms with Crippen molar-refractivity contribution in [2.75, 3.05) is 32.7 Å². The first-order valence-corrected chi connectivity index (χ1v) is 6.92. The van der Waals surface area contributed by atoms with Gasteiger partial charge in [-0.15, -0.1) is 0 Å². The number of hydrogen-bond acceptors (Lipinski definition) is 3. The summed E-state index contributed by atoms with van der Waals surface area (Å²) in [5.41, 5.74) is 5.58. The zero-order valence-corrected chi connectivity index (χ0v) is 10.9. The van der Waals surface area contributed by atoms with Gasteiger partial charge in [0.2, 0.25) is 5.91 Å². The molecule has 0 aromatic carbocycles. The van der Waals surface area contributed by atoms with E-state index in [1.54, 1.807) is 0 Å². The van der Waals surface area contributed by atoms with Gasteiger partial charge < -0.3 is 10.6 Å². The van der Waals surface area contributed by atoms with Gasteiger partial charge in [-0.25, -0.2) is 0 Å². The first kappa shape index (κ1) is 12.8. The third kappa shape index (κ3) is 3.19. The number of nitrogens with two attached hydrogens (primary N) is 1. The molecule has 2 unspecified atom stereocenters. The van der Waals surface area contributed by atoms with Gasteiger partial charge in [0.1, 0.15) is 0 Å². The monoisotopic (exact) mass is 239 g/mol. The molecule has 0 aliphatic carbocycles. The molecule has 1 amide bonds. The lowest BCUT2D eigenvalue weighted by Crippen LogP contribution is -2.56. The van der Waals surface area contributed by atoms with Gasteiger partial charge in [-0.3, -0.25) is 9.69 Å². The number of carbonyl (C=O) groups excluding carboxylic acids is 1. The normalized spacial score (nSPS) is 27.6. The Balaban J connectivity index is 1.84. The minimum atomic E-state index is 0.299. The summed E-state index contributed by atoms with van der Waals surface area (Å²) in [6, 6.07) is 0.620. The lowest BCUT2D eigenvalue weighted by molar-refractivity contribution is -0.135. The van der Waals surface area contributed by atoms with Crippen molar-refractivity contribution in [1.82, 2.24) is 9.80 Å². The summed E-state index contributed by atoms with van der Waals surface area (Å²) in [4.78, 5) is 16.7. The molecule has 98 valence electrons. The number of amides is 1. The van der Waals surface area contributed by atoms with Crippen LogP contribution in [0.4, 0.5) is 0 Å². The molecule has 0 saturated carbocycles. The van der Waals surface area contributed by atoms with E-state index in [4.69, 9.17) is 5.73 Å². The van der Waals surface area contributed by atoms with Gasteiger partial charge in [-0.2, -0.15) is 0 Å². The predicted octanol–water partition coefficient (Wildman–Crippen LogP) is 0.668. The maximum atomic E-state index is 12.1. The third-order valence-electron chi connectivity index (χ3n) is 4.12. The second-order valence-corrected chi connectivity index (χ2v) is 5.57. The molecule has 0 aromatic heterocycles. The molecule has 2 saturated heterocycles. The molecule has 2 heterocycles. The first-order valence-electron chi connectivity index (χ1n) is 6.92. The van der Waals surface area contributed by atoms with Crippen LogP contribution >= 0.6 is 0 Å². The Morgan fingerprint density at radius 1 is 1.35 bits per heavy atom. The van der Waals surface area contributed by atoms with Crippen molar-refractivity contribution in [2.24, 2.45) is 11.7 Å². The Morgan fingerprint density at radius 2 is 2.18 bits per heavy atom. The van der Waals surface area contributed by atoms with Crippen LogP contribution in [0.25, 0.3) is 0 Å². The molecule has 4 nitrogen and oxygen atoms in total. The van der Waals surface area contributed by atoms with Gasteiger partial charge in [0.15, 0.2) is 0 Å². The molecule has 0 aromatic rings. The average Bonchev–Trinajstić information content (AvgIpc) is 2.38. The Bertz CT molecular complexity index is 269. The van der Waals surface area contributed by atoms with E-state index in [1.807, 2.05) is 0 Å². The third-order valence-corrected chi connectivity index (χ3v) is 4.12. The Labute approximate surface area is 104 Å². The summed E-state index contributed by atoms with van der Waals surface area (Å²) in [6.07, 6.45) is 4.52. The lowest BCUT2D eigenvalue weighted by atomic mass is 9.98. The SMILES string of the molecule is CC(CN)CC(=O)N1CCN2CCCCC2C1. The van der Waals surface area contributed by atoms with Crippen molar-refractivity contribution in [3.05, 3.63) is 0 Å². The fraction of sp³-hybridized carbons (Fsp3) is 0.923. The van der Waals surface area contributed by atoms with Crippen LogP contribution < -0.4 is 5.73 Å². The fourth-order valence-corrected chi connectivity index (χ4v) is 2.89. The number of carbonyl (C=O) groups is 1. The van der Waals surface area contributed by atoms with Crippen molar-refractivity contribution in [2.45, 2.75) is 38.6 Å². The summed E-state index contributed by atoms with van der Waals surface area (Å²) >= 11 is 0. The molecule has 4 heteroatoms. The second kappa shape index (κ2) is 5.83. The molecule has 0 radical (unpaired) electrons. The van der Waals surface area contributed by atoms with Crippen LogP contribution in [0.3, 0.4) is 0 Å². The van der Waals surface area contributed by atoms with E-state index < -0.39 is 0 Å². The molecule has 2 fully saturated rings. The quantitative estimate of drug-likeness (QED) is 0.787. The van der Waals surface area contributed by atoms with Gasteiger partial charge in [-0.05, 0) is 31.8 Å². The van der Waals surface area contributed by atoms with Crippen LogP contribution in [-0.4, -0.2) is 54.5 Å². The molecular weight excluding hydrogens is 214 g/mol. The van der Waals surface area contributed by atoms with Gasteiger partial charge >= 0.3 is 0 Å². The molecule has 2 N–H and O–H groups in total. The second-order valence-electron chi connectivity index (χ2n) is 5.57. The van der Waals surface area contributed by atoms with Crippen LogP contribution in [0.1, 0.15) is 32.6 Å². The van der Waals surface area contributed by atoms with E-state index in [-0.39, 0.29) is 0 Å². The van der Waals surface area contributed by atoms with Crippen molar-refractivity contribution in [3.63, 3.8) is 0 Å².